The first-order valence-electron chi connectivity index (χ1n) is 3.46. The standard InChI is InChI=1S/C8H10O3S/c1-5-3-4-12-6(5)8(2,11)7(9)10/h3-4,11H,1-2H3,(H,9,10). The molecule has 0 bridgehead atoms. The Bertz CT molecular complexity index is 301. The summed E-state index contributed by atoms with van der Waals surface area (Å²) in [6.07, 6.45) is 0. The molecule has 1 atom stereocenters. The predicted molar refractivity (Wildman–Crippen MR) is 46.3 cm³/mol. The third kappa shape index (κ3) is 1.35. The van der Waals surface area contributed by atoms with Crippen LogP contribution in [-0.4, -0.2) is 16.2 Å². The topological polar surface area (TPSA) is 57.5 Å². The smallest absolute Gasteiger partial charge is 0.340 e. The molecule has 1 aromatic rings. The van der Waals surface area contributed by atoms with Crippen molar-refractivity contribution >= 4 is 17.3 Å². The summed E-state index contributed by atoms with van der Waals surface area (Å²) in [5, 5.41) is 20.0. The SMILES string of the molecule is Cc1ccsc1C(C)(O)C(=O)O. The predicted octanol–water partition coefficient (Wildman–Crippen LogP) is 1.35. The van der Waals surface area contributed by atoms with Gasteiger partial charge in [0.2, 0.25) is 0 Å². The van der Waals surface area contributed by atoms with E-state index in [9.17, 15) is 9.90 Å². The van der Waals surface area contributed by atoms with Crippen LogP contribution in [0.2, 0.25) is 0 Å². The average molecular weight is 186 g/mol. The molecule has 1 heterocycles. The number of carbonyl (C=O) groups is 1. The molecule has 0 aliphatic heterocycles. The molecule has 0 aliphatic rings. The quantitative estimate of drug-likeness (QED) is 0.733. The summed E-state index contributed by atoms with van der Waals surface area (Å²) < 4.78 is 0. The highest BCUT2D eigenvalue weighted by molar-refractivity contribution is 7.10. The van der Waals surface area contributed by atoms with Gasteiger partial charge in [0, 0.05) is 0 Å². The lowest BCUT2D eigenvalue weighted by molar-refractivity contribution is -0.157. The molecule has 1 unspecified atom stereocenters. The van der Waals surface area contributed by atoms with Crippen LogP contribution in [0.1, 0.15) is 17.4 Å². The number of hydrogen-bond donors (Lipinski definition) is 2. The van der Waals surface area contributed by atoms with Crippen molar-refractivity contribution in [2.24, 2.45) is 0 Å². The van der Waals surface area contributed by atoms with E-state index in [1.165, 1.54) is 18.3 Å². The van der Waals surface area contributed by atoms with Crippen LogP contribution in [-0.2, 0) is 10.4 Å². The third-order valence-corrected chi connectivity index (χ3v) is 2.95. The fourth-order valence-electron chi connectivity index (χ4n) is 0.969. The number of thiophene rings is 1. The number of aliphatic carboxylic acids is 1. The van der Waals surface area contributed by atoms with Gasteiger partial charge in [-0.2, -0.15) is 0 Å². The molecule has 4 heteroatoms. The van der Waals surface area contributed by atoms with Gasteiger partial charge in [0.1, 0.15) is 0 Å². The van der Waals surface area contributed by atoms with E-state index in [-0.39, 0.29) is 0 Å². The fraction of sp³-hybridized carbons (Fsp3) is 0.375. The summed E-state index contributed by atoms with van der Waals surface area (Å²) >= 11 is 1.25. The Balaban J connectivity index is 3.13. The first-order valence-corrected chi connectivity index (χ1v) is 4.34. The molecule has 0 radical (unpaired) electrons. The molecule has 12 heavy (non-hydrogen) atoms. The van der Waals surface area contributed by atoms with Gasteiger partial charge in [0.05, 0.1) is 4.88 Å². The zero-order valence-electron chi connectivity index (χ0n) is 6.87. The Morgan fingerprint density at radius 2 is 2.25 bits per heavy atom. The second-order valence-electron chi connectivity index (χ2n) is 2.81. The summed E-state index contributed by atoms with van der Waals surface area (Å²) in [7, 11) is 0. The molecule has 0 spiro atoms. The van der Waals surface area contributed by atoms with Gasteiger partial charge < -0.3 is 10.2 Å². The first-order chi connectivity index (χ1) is 5.46. The van der Waals surface area contributed by atoms with Gasteiger partial charge in [-0.1, -0.05) is 0 Å². The van der Waals surface area contributed by atoms with Crippen molar-refractivity contribution in [2.75, 3.05) is 0 Å². The normalized spacial score (nSPS) is 15.6. The number of rotatable bonds is 2. The highest BCUT2D eigenvalue weighted by Gasteiger charge is 2.34. The van der Waals surface area contributed by atoms with Gasteiger partial charge in [-0.15, -0.1) is 11.3 Å². The van der Waals surface area contributed by atoms with Crippen LogP contribution in [0.25, 0.3) is 0 Å². The Morgan fingerprint density at radius 1 is 1.67 bits per heavy atom. The van der Waals surface area contributed by atoms with Crippen LogP contribution >= 0.6 is 11.3 Å². The lowest BCUT2D eigenvalue weighted by Gasteiger charge is -2.16. The second kappa shape index (κ2) is 2.88. The van der Waals surface area contributed by atoms with Gasteiger partial charge in [0.15, 0.2) is 5.60 Å². The Kier molecular flexibility index (Phi) is 2.21. The highest BCUT2D eigenvalue weighted by Crippen LogP contribution is 2.28. The lowest BCUT2D eigenvalue weighted by Crippen LogP contribution is -2.31. The summed E-state index contributed by atoms with van der Waals surface area (Å²) in [5.74, 6) is -1.21. The van der Waals surface area contributed by atoms with Crippen LogP contribution in [0.5, 0.6) is 0 Å². The van der Waals surface area contributed by atoms with E-state index in [1.54, 1.807) is 18.4 Å². The summed E-state index contributed by atoms with van der Waals surface area (Å²) in [4.78, 5) is 11.1. The van der Waals surface area contributed by atoms with Crippen molar-refractivity contribution in [1.82, 2.24) is 0 Å². The molecule has 0 saturated carbocycles. The average Bonchev–Trinajstić information content (AvgIpc) is 2.35. The molecule has 66 valence electrons. The molecular formula is C8H10O3S. The van der Waals surface area contributed by atoms with Crippen molar-refractivity contribution in [3.05, 3.63) is 21.9 Å². The zero-order chi connectivity index (χ0) is 9.35. The molecule has 0 aromatic carbocycles. The van der Waals surface area contributed by atoms with Crippen LogP contribution < -0.4 is 0 Å². The van der Waals surface area contributed by atoms with Crippen molar-refractivity contribution in [2.45, 2.75) is 19.4 Å². The first kappa shape index (κ1) is 9.22. The fourth-order valence-corrected chi connectivity index (χ4v) is 1.95. The molecule has 1 rings (SSSR count). The van der Waals surface area contributed by atoms with Crippen LogP contribution in [0, 0.1) is 6.92 Å². The number of hydrogen-bond acceptors (Lipinski definition) is 3. The highest BCUT2D eigenvalue weighted by atomic mass is 32.1. The van der Waals surface area contributed by atoms with E-state index >= 15 is 0 Å². The van der Waals surface area contributed by atoms with Gasteiger partial charge in [-0.25, -0.2) is 4.79 Å². The van der Waals surface area contributed by atoms with Gasteiger partial charge >= 0.3 is 5.97 Å². The van der Waals surface area contributed by atoms with Gasteiger partial charge in [0.25, 0.3) is 0 Å². The maximum atomic E-state index is 10.6. The second-order valence-corrected chi connectivity index (χ2v) is 3.73. The largest absolute Gasteiger partial charge is 0.479 e. The van der Waals surface area contributed by atoms with Crippen molar-refractivity contribution in [3.8, 4) is 0 Å². The Hall–Kier alpha value is -0.870. The number of carboxylic acids is 1. The lowest BCUT2D eigenvalue weighted by atomic mass is 10.0. The Labute approximate surface area is 74.3 Å². The number of aliphatic hydroxyl groups is 1. The van der Waals surface area contributed by atoms with Crippen LogP contribution in [0.3, 0.4) is 0 Å². The number of aryl methyl sites for hydroxylation is 1. The monoisotopic (exact) mass is 186 g/mol. The molecule has 3 nitrogen and oxygen atoms in total. The Morgan fingerprint density at radius 3 is 2.58 bits per heavy atom. The minimum absolute atomic E-state index is 0.495. The summed E-state index contributed by atoms with van der Waals surface area (Å²) in [5.41, 5.74) is -0.939. The summed E-state index contributed by atoms with van der Waals surface area (Å²) in [6, 6.07) is 1.79. The van der Waals surface area contributed by atoms with Crippen molar-refractivity contribution in [3.63, 3.8) is 0 Å². The number of carboxylic acid groups (broad SMARTS) is 1. The minimum Gasteiger partial charge on any atom is -0.479 e. The third-order valence-electron chi connectivity index (χ3n) is 1.72. The molecule has 0 aliphatic carbocycles. The molecule has 1 aromatic heterocycles. The minimum atomic E-state index is -1.75. The van der Waals surface area contributed by atoms with Crippen LogP contribution in [0.15, 0.2) is 11.4 Å². The van der Waals surface area contributed by atoms with E-state index in [0.29, 0.717) is 4.88 Å². The zero-order valence-corrected chi connectivity index (χ0v) is 7.68. The van der Waals surface area contributed by atoms with E-state index in [0.717, 1.165) is 5.56 Å². The summed E-state index contributed by atoms with van der Waals surface area (Å²) in [6.45, 7) is 3.07. The van der Waals surface area contributed by atoms with E-state index in [1.807, 2.05) is 0 Å². The van der Waals surface area contributed by atoms with Crippen molar-refractivity contribution in [1.29, 1.82) is 0 Å². The molecule has 0 saturated heterocycles. The van der Waals surface area contributed by atoms with E-state index in [2.05, 4.69) is 0 Å². The van der Waals surface area contributed by atoms with Crippen LogP contribution in [0.4, 0.5) is 0 Å². The maximum absolute atomic E-state index is 10.6. The molecule has 2 N–H and O–H groups in total. The van der Waals surface area contributed by atoms with Crippen molar-refractivity contribution < 1.29 is 15.0 Å². The molecule has 0 amide bonds. The van der Waals surface area contributed by atoms with E-state index < -0.39 is 11.6 Å². The molecule has 0 fully saturated rings. The van der Waals surface area contributed by atoms with E-state index in [4.69, 9.17) is 5.11 Å². The molecular weight excluding hydrogens is 176 g/mol. The maximum Gasteiger partial charge on any atom is 0.340 e. The van der Waals surface area contributed by atoms with Gasteiger partial charge in [-0.05, 0) is 30.9 Å². The van der Waals surface area contributed by atoms with Gasteiger partial charge in [-0.3, -0.25) is 0 Å².